The summed E-state index contributed by atoms with van der Waals surface area (Å²) in [7, 11) is 0. The van der Waals surface area contributed by atoms with E-state index in [1.165, 1.54) is 89.9 Å². The molecule has 6 nitrogen and oxygen atoms in total. The van der Waals surface area contributed by atoms with Gasteiger partial charge in [-0.15, -0.1) is 0 Å². The molecule has 0 aliphatic carbocycles. The molecule has 0 saturated carbocycles. The lowest BCUT2D eigenvalue weighted by Gasteiger charge is -2.21. The number of carbonyl (C=O) groups is 2. The molecule has 0 aromatic carbocycles. The van der Waals surface area contributed by atoms with Crippen LogP contribution >= 0.6 is 0 Å². The van der Waals surface area contributed by atoms with Gasteiger partial charge in [0.1, 0.15) is 0 Å². The van der Waals surface area contributed by atoms with Crippen molar-refractivity contribution in [2.24, 2.45) is 35.5 Å². The molecule has 0 saturated heterocycles. The van der Waals surface area contributed by atoms with Gasteiger partial charge in [-0.1, -0.05) is 145 Å². The molecule has 0 aromatic rings. The summed E-state index contributed by atoms with van der Waals surface area (Å²) in [6.45, 7) is 20.2. The highest BCUT2D eigenvalue weighted by atomic mass is 16.5. The van der Waals surface area contributed by atoms with Crippen LogP contribution in [0.2, 0.25) is 0 Å². The summed E-state index contributed by atoms with van der Waals surface area (Å²) in [5.41, 5.74) is 0. The van der Waals surface area contributed by atoms with Crippen LogP contribution in [0.5, 0.6) is 0 Å². The second kappa shape index (κ2) is 37.0. The number of rotatable bonds is 39. The van der Waals surface area contributed by atoms with Gasteiger partial charge >= 0.3 is 11.9 Å². The molecule has 0 fully saturated rings. The Hall–Kier alpha value is -1.61. The Morgan fingerprint density at radius 1 is 0.444 bits per heavy atom. The van der Waals surface area contributed by atoms with Crippen LogP contribution in [0.4, 0.5) is 0 Å². The Balaban J connectivity index is 4.03. The van der Waals surface area contributed by atoms with Gasteiger partial charge in [-0.25, -0.2) is 0 Å². The number of ether oxygens (including phenoxy) is 3. The van der Waals surface area contributed by atoms with Gasteiger partial charge in [0.05, 0.1) is 25.4 Å². The Kier molecular flexibility index (Phi) is 35.9. The van der Waals surface area contributed by atoms with Gasteiger partial charge in [0.25, 0.3) is 0 Å². The van der Waals surface area contributed by atoms with E-state index in [-0.39, 0.29) is 11.9 Å². The maximum absolute atomic E-state index is 12.2. The van der Waals surface area contributed by atoms with E-state index in [0.717, 1.165) is 82.7 Å². The minimum atomic E-state index is -0.0211. The average Bonchev–Trinajstić information content (AvgIpc) is 3.11. The molecule has 0 aliphatic heterocycles. The Labute approximate surface area is 336 Å². The summed E-state index contributed by atoms with van der Waals surface area (Å²) in [4.78, 5) is 24.5. The van der Waals surface area contributed by atoms with Gasteiger partial charge in [0.15, 0.2) is 0 Å². The molecule has 318 valence electrons. The molecule has 0 aromatic heterocycles. The number of nitrogens with zero attached hydrogens (tertiary/aromatic N) is 1. The molecule has 0 N–H and O–H groups in total. The SMILES string of the molecule is CC(C)CCC(CCOC(=O)CCCCCCCCCC(CCCCCCCCCC(=O)OCCC(CCC(C)C)C(C)C)OCCCCC#N)C(C)C. The minimum Gasteiger partial charge on any atom is -0.466 e. The zero-order valence-corrected chi connectivity index (χ0v) is 37.2. The molecule has 0 heterocycles. The van der Waals surface area contributed by atoms with Crippen molar-refractivity contribution < 1.29 is 23.8 Å². The topological polar surface area (TPSA) is 85.6 Å². The van der Waals surface area contributed by atoms with Gasteiger partial charge in [-0.2, -0.15) is 5.26 Å². The predicted molar refractivity (Wildman–Crippen MR) is 228 cm³/mol. The van der Waals surface area contributed by atoms with Crippen molar-refractivity contribution in [3.05, 3.63) is 0 Å². The van der Waals surface area contributed by atoms with Crippen molar-refractivity contribution in [2.75, 3.05) is 19.8 Å². The highest BCUT2D eigenvalue weighted by Crippen LogP contribution is 2.25. The third-order valence-electron chi connectivity index (χ3n) is 11.5. The van der Waals surface area contributed by atoms with E-state index in [2.05, 4.69) is 61.5 Å². The average molecular weight is 762 g/mol. The van der Waals surface area contributed by atoms with Crippen molar-refractivity contribution in [1.82, 2.24) is 0 Å². The molecule has 0 radical (unpaired) electrons. The first-order valence-electron chi connectivity index (χ1n) is 23.3. The minimum absolute atomic E-state index is 0.0211. The summed E-state index contributed by atoms with van der Waals surface area (Å²) in [6.07, 6.45) is 29.5. The fourth-order valence-electron chi connectivity index (χ4n) is 7.43. The van der Waals surface area contributed by atoms with E-state index in [4.69, 9.17) is 19.5 Å². The van der Waals surface area contributed by atoms with Crippen LogP contribution in [-0.4, -0.2) is 37.9 Å². The third kappa shape index (κ3) is 34.8. The number of carbonyl (C=O) groups excluding carboxylic acids is 2. The van der Waals surface area contributed by atoms with Crippen LogP contribution in [0.1, 0.15) is 229 Å². The number of unbranched alkanes of at least 4 members (excludes halogenated alkanes) is 14. The van der Waals surface area contributed by atoms with Crippen molar-refractivity contribution in [3.63, 3.8) is 0 Å². The lowest BCUT2D eigenvalue weighted by molar-refractivity contribution is -0.145. The van der Waals surface area contributed by atoms with Crippen LogP contribution in [0.3, 0.4) is 0 Å². The van der Waals surface area contributed by atoms with Gasteiger partial charge in [-0.3, -0.25) is 9.59 Å². The number of nitriles is 1. The van der Waals surface area contributed by atoms with E-state index in [0.29, 0.717) is 62.3 Å². The number of hydrogen-bond donors (Lipinski definition) is 0. The Morgan fingerprint density at radius 2 is 0.833 bits per heavy atom. The summed E-state index contributed by atoms with van der Waals surface area (Å²) >= 11 is 0. The molecule has 0 bridgehead atoms. The molecule has 0 rings (SSSR count). The first-order chi connectivity index (χ1) is 26.0. The second-order valence-corrected chi connectivity index (χ2v) is 18.1. The van der Waals surface area contributed by atoms with Crippen LogP contribution < -0.4 is 0 Å². The second-order valence-electron chi connectivity index (χ2n) is 18.1. The first kappa shape index (κ1) is 52.4. The molecule has 6 heteroatoms. The highest BCUT2D eigenvalue weighted by molar-refractivity contribution is 5.69. The standard InChI is InChI=1S/C48H91NO5/c1-40(2)30-32-44(42(5)6)34-38-53-47(50)28-22-17-13-9-11-15-20-26-46(52-37-25-19-24-36-49)27-21-16-12-10-14-18-23-29-48(51)54-39-35-45(43(7)8)33-31-41(3)4/h40-46H,9-35,37-39H2,1-8H3. The number of esters is 2. The van der Waals surface area contributed by atoms with E-state index in [1.54, 1.807) is 0 Å². The van der Waals surface area contributed by atoms with E-state index < -0.39 is 0 Å². The normalized spacial score (nSPS) is 13.5. The summed E-state index contributed by atoms with van der Waals surface area (Å²) < 4.78 is 17.5. The highest BCUT2D eigenvalue weighted by Gasteiger charge is 2.16. The lowest BCUT2D eigenvalue weighted by atomic mass is 9.86. The largest absolute Gasteiger partial charge is 0.466 e. The molecule has 2 atom stereocenters. The lowest BCUT2D eigenvalue weighted by Crippen LogP contribution is -2.15. The Morgan fingerprint density at radius 3 is 1.20 bits per heavy atom. The third-order valence-corrected chi connectivity index (χ3v) is 11.5. The predicted octanol–water partition coefficient (Wildman–Crippen LogP) is 14.4. The molecule has 2 unspecified atom stereocenters. The van der Waals surface area contributed by atoms with Crippen molar-refractivity contribution in [1.29, 1.82) is 5.26 Å². The Bertz CT molecular complexity index is 834. The van der Waals surface area contributed by atoms with Crippen LogP contribution in [-0.2, 0) is 23.8 Å². The smallest absolute Gasteiger partial charge is 0.305 e. The van der Waals surface area contributed by atoms with Crippen LogP contribution in [0.15, 0.2) is 0 Å². The molecule has 0 spiro atoms. The van der Waals surface area contributed by atoms with Crippen LogP contribution in [0.25, 0.3) is 0 Å². The van der Waals surface area contributed by atoms with Crippen molar-refractivity contribution >= 4 is 11.9 Å². The fourth-order valence-corrected chi connectivity index (χ4v) is 7.43. The summed E-state index contributed by atoms with van der Waals surface area (Å²) in [6, 6.07) is 2.24. The van der Waals surface area contributed by atoms with Crippen LogP contribution in [0, 0.1) is 46.8 Å². The summed E-state index contributed by atoms with van der Waals surface area (Å²) in [5.74, 6) is 3.99. The number of hydrogen-bond acceptors (Lipinski definition) is 6. The summed E-state index contributed by atoms with van der Waals surface area (Å²) in [5, 5.41) is 8.84. The molecular formula is C48H91NO5. The first-order valence-corrected chi connectivity index (χ1v) is 23.3. The van der Waals surface area contributed by atoms with Gasteiger partial charge in [0, 0.05) is 25.9 Å². The van der Waals surface area contributed by atoms with E-state index >= 15 is 0 Å². The molecule has 0 amide bonds. The quantitative estimate of drug-likeness (QED) is 0.0458. The van der Waals surface area contributed by atoms with Gasteiger partial charge < -0.3 is 14.2 Å². The zero-order valence-electron chi connectivity index (χ0n) is 37.2. The van der Waals surface area contributed by atoms with Gasteiger partial charge in [0.2, 0.25) is 0 Å². The fraction of sp³-hybridized carbons (Fsp3) is 0.938. The molecule has 0 aliphatic rings. The molecule has 54 heavy (non-hydrogen) atoms. The maximum atomic E-state index is 12.2. The molecular weight excluding hydrogens is 671 g/mol. The van der Waals surface area contributed by atoms with Crippen molar-refractivity contribution in [3.8, 4) is 6.07 Å². The zero-order chi connectivity index (χ0) is 40.2. The van der Waals surface area contributed by atoms with E-state index in [9.17, 15) is 9.59 Å². The van der Waals surface area contributed by atoms with Gasteiger partial charge in [-0.05, 0) is 99.7 Å². The van der Waals surface area contributed by atoms with E-state index in [1.807, 2.05) is 0 Å². The monoisotopic (exact) mass is 762 g/mol. The van der Waals surface area contributed by atoms with Crippen molar-refractivity contribution in [2.45, 2.75) is 235 Å². The maximum Gasteiger partial charge on any atom is 0.305 e.